The fourth-order valence-electron chi connectivity index (χ4n) is 5.86. The van der Waals surface area contributed by atoms with Gasteiger partial charge in [0.05, 0.1) is 18.3 Å². The molecule has 2 saturated heterocycles. The molecule has 0 aliphatic carbocycles. The number of rotatable bonds is 8. The van der Waals surface area contributed by atoms with Gasteiger partial charge in [-0.15, -0.1) is 0 Å². The molecule has 0 bridgehead atoms. The maximum atomic E-state index is 14.0. The molecule has 10 unspecified atom stereocenters. The monoisotopic (exact) mass is 762 g/mol. The number of esters is 1. The predicted molar refractivity (Wildman–Crippen MR) is 175 cm³/mol. The minimum atomic E-state index is -2.16. The SMILES string of the molecule is CC1OC(OCC2OC(Oc3c(-c4ccc(O)c(O)c4)oc4cc(O)cc(O)c4c3=O)C(OC(=O)c3cc(O)c(O)c(O)c3)C(O)C2O)C(O)C(O)C1O. The van der Waals surface area contributed by atoms with Crippen molar-refractivity contribution in [2.75, 3.05) is 6.61 Å². The fraction of sp³-hybridized carbons (Fsp3) is 0.353. The van der Waals surface area contributed by atoms with Gasteiger partial charge in [-0.25, -0.2) is 4.79 Å². The maximum Gasteiger partial charge on any atom is 0.339 e. The van der Waals surface area contributed by atoms with Crippen molar-refractivity contribution >= 4 is 16.9 Å². The van der Waals surface area contributed by atoms with Crippen molar-refractivity contribution in [3.63, 3.8) is 0 Å². The van der Waals surface area contributed by atoms with Gasteiger partial charge in [-0.3, -0.25) is 4.79 Å². The van der Waals surface area contributed by atoms with Crippen molar-refractivity contribution in [1.29, 1.82) is 0 Å². The van der Waals surface area contributed by atoms with Gasteiger partial charge < -0.3 is 89.4 Å². The summed E-state index contributed by atoms with van der Waals surface area (Å²) in [5.41, 5.74) is -2.25. The van der Waals surface area contributed by atoms with Crippen molar-refractivity contribution in [3.8, 4) is 57.3 Å². The third-order valence-corrected chi connectivity index (χ3v) is 8.82. The third kappa shape index (κ3) is 7.07. The van der Waals surface area contributed by atoms with E-state index in [-0.39, 0.29) is 11.1 Å². The summed E-state index contributed by atoms with van der Waals surface area (Å²) in [5.74, 6) is -8.16. The molecule has 6 rings (SSSR count). The molecule has 12 N–H and O–H groups in total. The first-order chi connectivity index (χ1) is 25.5. The molecular formula is C34H34O20. The Balaban J connectivity index is 1.41. The van der Waals surface area contributed by atoms with E-state index in [1.165, 1.54) is 13.0 Å². The van der Waals surface area contributed by atoms with E-state index in [0.717, 1.165) is 24.3 Å². The quantitative estimate of drug-likeness (QED) is 0.0779. The molecule has 2 aliphatic rings. The number of hydrogen-bond acceptors (Lipinski definition) is 20. The summed E-state index contributed by atoms with van der Waals surface area (Å²) in [6.45, 7) is 0.628. The smallest absolute Gasteiger partial charge is 0.339 e. The number of ether oxygens (including phenoxy) is 5. The Morgan fingerprint density at radius 3 is 2.07 bits per heavy atom. The summed E-state index contributed by atoms with van der Waals surface area (Å²) in [6, 6.07) is 6.33. The minimum Gasteiger partial charge on any atom is -0.508 e. The Hall–Kier alpha value is -5.58. The van der Waals surface area contributed by atoms with Crippen LogP contribution < -0.4 is 10.2 Å². The van der Waals surface area contributed by atoms with Crippen LogP contribution in [0, 0.1) is 0 Å². The molecule has 2 fully saturated rings. The lowest BCUT2D eigenvalue weighted by molar-refractivity contribution is -0.318. The maximum absolute atomic E-state index is 14.0. The molecule has 4 aromatic rings. The van der Waals surface area contributed by atoms with Crippen LogP contribution in [0.1, 0.15) is 17.3 Å². The first-order valence-electron chi connectivity index (χ1n) is 16.0. The largest absolute Gasteiger partial charge is 0.508 e. The highest BCUT2D eigenvalue weighted by molar-refractivity contribution is 5.91. The van der Waals surface area contributed by atoms with Gasteiger partial charge in [-0.05, 0) is 37.3 Å². The lowest BCUT2D eigenvalue weighted by atomic mass is 9.98. The first kappa shape index (κ1) is 38.2. The molecule has 3 aromatic carbocycles. The van der Waals surface area contributed by atoms with E-state index in [1.54, 1.807) is 0 Å². The number of phenolic OH excluding ortho intramolecular Hbond substituents is 7. The first-order valence-corrected chi connectivity index (χ1v) is 16.0. The van der Waals surface area contributed by atoms with Crippen molar-refractivity contribution < 1.29 is 94.2 Å². The van der Waals surface area contributed by atoms with Crippen LogP contribution in [-0.4, -0.2) is 135 Å². The van der Waals surface area contributed by atoms with E-state index in [4.69, 9.17) is 28.1 Å². The zero-order chi connectivity index (χ0) is 39.3. The molecule has 0 spiro atoms. The highest BCUT2D eigenvalue weighted by atomic mass is 16.7. The average Bonchev–Trinajstić information content (AvgIpc) is 3.12. The zero-order valence-electron chi connectivity index (χ0n) is 27.7. The Morgan fingerprint density at radius 1 is 0.722 bits per heavy atom. The summed E-state index contributed by atoms with van der Waals surface area (Å²) < 4.78 is 33.9. The minimum absolute atomic E-state index is 0.139. The predicted octanol–water partition coefficient (Wildman–Crippen LogP) is -0.706. The van der Waals surface area contributed by atoms with E-state index in [0.29, 0.717) is 12.1 Å². The number of benzene rings is 3. The number of aromatic hydroxyl groups is 7. The van der Waals surface area contributed by atoms with Crippen LogP contribution in [0.3, 0.4) is 0 Å². The second kappa shape index (κ2) is 14.7. The molecule has 0 saturated carbocycles. The molecule has 290 valence electrons. The van der Waals surface area contributed by atoms with E-state index >= 15 is 0 Å². The van der Waals surface area contributed by atoms with Crippen LogP contribution in [0.15, 0.2) is 51.7 Å². The molecule has 54 heavy (non-hydrogen) atoms. The number of carbonyl (C=O) groups is 1. The molecule has 0 radical (unpaired) electrons. The van der Waals surface area contributed by atoms with Crippen LogP contribution in [0.5, 0.6) is 46.0 Å². The standard InChI is InChI=1S/C34H34O20/c1-10-22(41)26(45)28(47)33(50-10)49-9-20-24(43)27(46)31(53-32(48)12-5-17(39)23(42)18(40)6-12)34(52-20)54-30-25(44)21-16(38)7-13(35)8-19(21)51-29(30)11-2-3-14(36)15(37)4-11/h2-8,10,20,22,24,26-28,31,33-43,45-47H,9H2,1H3. The summed E-state index contributed by atoms with van der Waals surface area (Å²) >= 11 is 0. The Morgan fingerprint density at radius 2 is 1.41 bits per heavy atom. The number of phenols is 7. The van der Waals surface area contributed by atoms with Crippen molar-refractivity contribution in [2.24, 2.45) is 0 Å². The topological polar surface area (TPSA) is 336 Å². The van der Waals surface area contributed by atoms with Crippen LogP contribution >= 0.6 is 0 Å². The Kier molecular flexibility index (Phi) is 10.4. The van der Waals surface area contributed by atoms with Gasteiger partial charge >= 0.3 is 5.97 Å². The van der Waals surface area contributed by atoms with E-state index in [9.17, 15) is 70.9 Å². The lowest BCUT2D eigenvalue weighted by Crippen LogP contribution is -2.62. The van der Waals surface area contributed by atoms with E-state index in [1.807, 2.05) is 0 Å². The second-order valence-electron chi connectivity index (χ2n) is 12.5. The fourth-order valence-corrected chi connectivity index (χ4v) is 5.86. The third-order valence-electron chi connectivity index (χ3n) is 8.82. The number of carbonyl (C=O) groups excluding carboxylic acids is 1. The van der Waals surface area contributed by atoms with Gasteiger partial charge in [-0.2, -0.15) is 0 Å². The van der Waals surface area contributed by atoms with Gasteiger partial charge in [0.25, 0.3) is 0 Å². The number of aliphatic hydroxyl groups excluding tert-OH is 5. The summed E-state index contributed by atoms with van der Waals surface area (Å²) in [4.78, 5) is 27.3. The van der Waals surface area contributed by atoms with E-state index in [2.05, 4.69) is 0 Å². The normalized spacial score (nSPS) is 28.5. The average molecular weight is 763 g/mol. The number of hydrogen-bond donors (Lipinski definition) is 12. The van der Waals surface area contributed by atoms with Crippen molar-refractivity contribution in [2.45, 2.75) is 68.3 Å². The molecule has 1 aromatic heterocycles. The second-order valence-corrected chi connectivity index (χ2v) is 12.5. The highest BCUT2D eigenvalue weighted by Crippen LogP contribution is 2.40. The zero-order valence-corrected chi connectivity index (χ0v) is 27.7. The molecule has 20 nitrogen and oxygen atoms in total. The molecule has 10 atom stereocenters. The van der Waals surface area contributed by atoms with Crippen LogP contribution in [-0.2, 0) is 18.9 Å². The van der Waals surface area contributed by atoms with Crippen LogP contribution in [0.4, 0.5) is 0 Å². The molecular weight excluding hydrogens is 728 g/mol. The van der Waals surface area contributed by atoms with Crippen LogP contribution in [0.25, 0.3) is 22.3 Å². The number of fused-ring (bicyclic) bond motifs is 1. The molecule has 0 amide bonds. The summed E-state index contributed by atoms with van der Waals surface area (Å²) in [6.07, 6.45) is -17.7. The van der Waals surface area contributed by atoms with Crippen LogP contribution in [0.2, 0.25) is 0 Å². The van der Waals surface area contributed by atoms with Crippen molar-refractivity contribution in [3.05, 3.63) is 58.3 Å². The van der Waals surface area contributed by atoms with Gasteiger partial charge in [0.2, 0.25) is 17.5 Å². The molecule has 3 heterocycles. The molecule has 2 aliphatic heterocycles. The van der Waals surface area contributed by atoms with E-state index < -0.39 is 142 Å². The lowest BCUT2D eigenvalue weighted by Gasteiger charge is -2.43. The van der Waals surface area contributed by atoms with Gasteiger partial charge in [-0.1, -0.05) is 0 Å². The van der Waals surface area contributed by atoms with Crippen molar-refractivity contribution in [1.82, 2.24) is 0 Å². The van der Waals surface area contributed by atoms with Gasteiger partial charge in [0.15, 0.2) is 46.9 Å². The molecule has 20 heteroatoms. The highest BCUT2D eigenvalue weighted by Gasteiger charge is 2.50. The Bertz CT molecular complexity index is 2090. The number of aliphatic hydroxyl groups is 5. The summed E-state index contributed by atoms with van der Waals surface area (Å²) in [5, 5.41) is 123. The van der Waals surface area contributed by atoms with Gasteiger partial charge in [0, 0.05) is 17.7 Å². The Labute approximate surface area is 301 Å². The van der Waals surface area contributed by atoms with Gasteiger partial charge in [0.1, 0.15) is 59.1 Å². The summed E-state index contributed by atoms with van der Waals surface area (Å²) in [7, 11) is 0.